The van der Waals surface area contributed by atoms with Gasteiger partial charge in [-0.15, -0.1) is 0 Å². The molecule has 1 aliphatic rings. The lowest BCUT2D eigenvalue weighted by Crippen LogP contribution is -2.54. The molecule has 3 nitrogen and oxygen atoms in total. The van der Waals surface area contributed by atoms with Crippen LogP contribution in [0.4, 0.5) is 8.78 Å². The fourth-order valence-electron chi connectivity index (χ4n) is 1.27. The molecule has 0 aromatic heterocycles. The van der Waals surface area contributed by atoms with Gasteiger partial charge in [-0.05, 0) is 26.7 Å². The predicted octanol–water partition coefficient (Wildman–Crippen LogP) is 1.31. The van der Waals surface area contributed by atoms with Crippen molar-refractivity contribution in [1.82, 2.24) is 5.32 Å². The Kier molecular flexibility index (Phi) is 3.05. The number of hydrogen-bond donors (Lipinski definition) is 2. The first-order valence-electron chi connectivity index (χ1n) is 5.01. The Bertz CT molecular complexity index is 255. The van der Waals surface area contributed by atoms with Crippen LogP contribution in [0.25, 0.3) is 0 Å². The molecular weight excluding hydrogens is 204 g/mol. The highest BCUT2D eigenvalue weighted by Gasteiger charge is 2.49. The molecule has 0 radical (unpaired) electrons. The van der Waals surface area contributed by atoms with Crippen LogP contribution in [0.1, 0.15) is 33.6 Å². The molecule has 1 rings (SSSR count). The monoisotopic (exact) mass is 221 g/mol. The van der Waals surface area contributed by atoms with E-state index >= 15 is 0 Å². The van der Waals surface area contributed by atoms with Gasteiger partial charge in [-0.25, -0.2) is 8.78 Å². The van der Waals surface area contributed by atoms with Crippen LogP contribution in [0, 0.1) is 5.41 Å². The summed E-state index contributed by atoms with van der Waals surface area (Å²) in [5, 5.41) is 11.5. The van der Waals surface area contributed by atoms with Crippen molar-refractivity contribution in [1.29, 1.82) is 0 Å². The summed E-state index contributed by atoms with van der Waals surface area (Å²) in [5.41, 5.74) is -1.71. The van der Waals surface area contributed by atoms with Gasteiger partial charge in [0, 0.05) is 13.0 Å². The van der Waals surface area contributed by atoms with Gasteiger partial charge in [-0.3, -0.25) is 4.79 Å². The van der Waals surface area contributed by atoms with Crippen molar-refractivity contribution in [3.63, 3.8) is 0 Å². The van der Waals surface area contributed by atoms with Gasteiger partial charge >= 0.3 is 0 Å². The highest BCUT2D eigenvalue weighted by atomic mass is 19.3. The molecule has 0 aromatic carbocycles. The van der Waals surface area contributed by atoms with E-state index in [0.29, 0.717) is 12.8 Å². The average Bonchev–Trinajstić information content (AvgIpc) is 1.99. The largest absolute Gasteiger partial charge is 0.393 e. The third kappa shape index (κ3) is 2.45. The second-order valence-corrected chi connectivity index (χ2v) is 4.81. The molecule has 15 heavy (non-hydrogen) atoms. The van der Waals surface area contributed by atoms with Crippen LogP contribution in [-0.4, -0.2) is 29.1 Å². The minimum absolute atomic E-state index is 0.158. The summed E-state index contributed by atoms with van der Waals surface area (Å²) in [4.78, 5) is 11.5. The van der Waals surface area contributed by atoms with Gasteiger partial charge in [-0.1, -0.05) is 0 Å². The van der Waals surface area contributed by atoms with E-state index < -0.39 is 23.3 Å². The quantitative estimate of drug-likeness (QED) is 0.754. The summed E-state index contributed by atoms with van der Waals surface area (Å²) in [6.45, 7) is 3.18. The number of halogens is 2. The Hall–Kier alpha value is -0.710. The summed E-state index contributed by atoms with van der Waals surface area (Å²) < 4.78 is 26.2. The smallest absolute Gasteiger partial charge is 0.259 e. The highest BCUT2D eigenvalue weighted by molar-refractivity contribution is 5.83. The number of nitrogens with one attached hydrogen (secondary N) is 1. The van der Waals surface area contributed by atoms with E-state index in [-0.39, 0.29) is 6.04 Å². The molecule has 0 bridgehead atoms. The van der Waals surface area contributed by atoms with Crippen LogP contribution < -0.4 is 5.32 Å². The first kappa shape index (κ1) is 12.4. The molecule has 0 saturated heterocycles. The standard InChI is InChI=1S/C10H17F2NO2/c1-9(2,10(3,11)12)8(15)13-6-4-7(14)5-6/h6-7,14H,4-5H2,1-3H3,(H,13,15). The number of aliphatic hydroxyl groups excluding tert-OH is 1. The van der Waals surface area contributed by atoms with Crippen LogP contribution in [0.2, 0.25) is 0 Å². The zero-order chi connectivity index (χ0) is 11.9. The molecule has 0 spiro atoms. The SMILES string of the molecule is CC(F)(F)C(C)(C)C(=O)NC1CC(O)C1. The van der Waals surface area contributed by atoms with E-state index in [4.69, 9.17) is 5.11 Å². The minimum Gasteiger partial charge on any atom is -0.393 e. The highest BCUT2D eigenvalue weighted by Crippen LogP contribution is 2.36. The van der Waals surface area contributed by atoms with Gasteiger partial charge in [0.1, 0.15) is 5.41 Å². The van der Waals surface area contributed by atoms with Crippen LogP contribution in [0.15, 0.2) is 0 Å². The Balaban J connectivity index is 2.53. The molecule has 88 valence electrons. The molecule has 1 aliphatic carbocycles. The van der Waals surface area contributed by atoms with Crippen molar-refractivity contribution in [3.05, 3.63) is 0 Å². The number of aliphatic hydroxyl groups is 1. The van der Waals surface area contributed by atoms with Crippen molar-refractivity contribution >= 4 is 5.91 Å². The van der Waals surface area contributed by atoms with Gasteiger partial charge in [0.05, 0.1) is 6.10 Å². The van der Waals surface area contributed by atoms with Crippen molar-refractivity contribution < 1.29 is 18.7 Å². The molecule has 1 saturated carbocycles. The van der Waals surface area contributed by atoms with Crippen LogP contribution in [-0.2, 0) is 4.79 Å². The predicted molar refractivity (Wildman–Crippen MR) is 51.6 cm³/mol. The van der Waals surface area contributed by atoms with Crippen LogP contribution >= 0.6 is 0 Å². The van der Waals surface area contributed by atoms with Gasteiger partial charge in [0.2, 0.25) is 5.91 Å². The molecule has 0 unspecified atom stereocenters. The Morgan fingerprint density at radius 3 is 2.13 bits per heavy atom. The Morgan fingerprint density at radius 2 is 1.80 bits per heavy atom. The maximum Gasteiger partial charge on any atom is 0.259 e. The summed E-state index contributed by atoms with van der Waals surface area (Å²) in [7, 11) is 0. The maximum absolute atomic E-state index is 13.1. The lowest BCUT2D eigenvalue weighted by Gasteiger charge is -2.36. The summed E-state index contributed by atoms with van der Waals surface area (Å²) in [6, 6.07) is -0.158. The van der Waals surface area contributed by atoms with Crippen molar-refractivity contribution in [2.75, 3.05) is 0 Å². The Labute approximate surface area is 87.9 Å². The topological polar surface area (TPSA) is 49.3 Å². The fourth-order valence-corrected chi connectivity index (χ4v) is 1.27. The van der Waals surface area contributed by atoms with E-state index in [9.17, 15) is 13.6 Å². The molecule has 5 heteroatoms. The number of carbonyl (C=O) groups excluding carboxylic acids is 1. The zero-order valence-electron chi connectivity index (χ0n) is 9.18. The maximum atomic E-state index is 13.1. The van der Waals surface area contributed by atoms with Crippen molar-refractivity contribution in [2.24, 2.45) is 5.41 Å². The minimum atomic E-state index is -3.06. The van der Waals surface area contributed by atoms with E-state index in [1.54, 1.807) is 0 Å². The zero-order valence-corrected chi connectivity index (χ0v) is 9.18. The van der Waals surface area contributed by atoms with E-state index in [1.165, 1.54) is 13.8 Å². The molecular formula is C10H17F2NO2. The molecule has 1 amide bonds. The second kappa shape index (κ2) is 3.70. The van der Waals surface area contributed by atoms with E-state index in [0.717, 1.165) is 6.92 Å². The first-order chi connectivity index (χ1) is 6.64. The van der Waals surface area contributed by atoms with Gasteiger partial charge in [-0.2, -0.15) is 0 Å². The average molecular weight is 221 g/mol. The molecule has 0 aliphatic heterocycles. The lowest BCUT2D eigenvalue weighted by atomic mass is 9.83. The number of amides is 1. The number of rotatable bonds is 3. The van der Waals surface area contributed by atoms with Gasteiger partial charge in [0.15, 0.2) is 0 Å². The van der Waals surface area contributed by atoms with Crippen molar-refractivity contribution in [3.8, 4) is 0 Å². The summed E-state index contributed by atoms with van der Waals surface area (Å²) in [6.07, 6.45) is 0.509. The molecule has 0 aromatic rings. The number of hydrogen-bond acceptors (Lipinski definition) is 2. The van der Waals surface area contributed by atoms with Crippen LogP contribution in [0.5, 0.6) is 0 Å². The summed E-state index contributed by atoms with van der Waals surface area (Å²) in [5.74, 6) is -3.72. The summed E-state index contributed by atoms with van der Waals surface area (Å²) >= 11 is 0. The van der Waals surface area contributed by atoms with Gasteiger partial charge in [0.25, 0.3) is 5.92 Å². The third-order valence-corrected chi connectivity index (χ3v) is 3.11. The molecule has 0 atom stereocenters. The first-order valence-corrected chi connectivity index (χ1v) is 5.01. The second-order valence-electron chi connectivity index (χ2n) is 4.81. The van der Waals surface area contributed by atoms with Gasteiger partial charge < -0.3 is 10.4 Å². The Morgan fingerprint density at radius 1 is 1.33 bits per heavy atom. The van der Waals surface area contributed by atoms with Crippen molar-refractivity contribution in [2.45, 2.75) is 51.7 Å². The number of alkyl halides is 2. The van der Waals surface area contributed by atoms with Crippen LogP contribution in [0.3, 0.4) is 0 Å². The number of carbonyl (C=O) groups is 1. The normalized spacial score (nSPS) is 27.1. The molecule has 0 heterocycles. The fraction of sp³-hybridized carbons (Fsp3) is 0.900. The third-order valence-electron chi connectivity index (χ3n) is 3.11. The molecule has 2 N–H and O–H groups in total. The van der Waals surface area contributed by atoms with E-state index in [2.05, 4.69) is 5.32 Å². The molecule has 1 fully saturated rings. The van der Waals surface area contributed by atoms with E-state index in [1.807, 2.05) is 0 Å². The lowest BCUT2D eigenvalue weighted by molar-refractivity contribution is -0.153.